The van der Waals surface area contributed by atoms with Crippen LogP contribution in [-0.4, -0.2) is 4.98 Å². The number of aromatic amines is 1. The lowest BCUT2D eigenvalue weighted by Crippen LogP contribution is -1.74. The third kappa shape index (κ3) is 1.30. The third-order valence-corrected chi connectivity index (χ3v) is 2.47. The Morgan fingerprint density at radius 2 is 1.92 bits per heavy atom. The zero-order valence-corrected chi connectivity index (χ0v) is 8.01. The third-order valence-electron chi connectivity index (χ3n) is 1.78. The van der Waals surface area contributed by atoms with E-state index in [2.05, 4.69) is 33.0 Å². The molecule has 0 saturated carbocycles. The van der Waals surface area contributed by atoms with Crippen molar-refractivity contribution in [1.82, 2.24) is 4.98 Å². The number of nitrogens with one attached hydrogen (secondary N) is 1. The number of H-pyrrole nitrogens is 1. The summed E-state index contributed by atoms with van der Waals surface area (Å²) in [5.74, 6) is 0. The lowest BCUT2D eigenvalue weighted by molar-refractivity contribution is 1.41. The second-order valence-electron chi connectivity index (χ2n) is 2.58. The Kier molecular flexibility index (Phi) is 2.00. The van der Waals surface area contributed by atoms with Gasteiger partial charge in [0.15, 0.2) is 0 Å². The first-order valence-electron chi connectivity index (χ1n) is 3.75. The molecular formula is C10H8BrN. The van der Waals surface area contributed by atoms with Crippen LogP contribution < -0.4 is 0 Å². The van der Waals surface area contributed by atoms with E-state index in [1.54, 1.807) is 0 Å². The molecule has 1 aromatic carbocycles. The van der Waals surface area contributed by atoms with Gasteiger partial charge in [-0.05, 0) is 17.7 Å². The fourth-order valence-electron chi connectivity index (χ4n) is 1.19. The predicted octanol–water partition coefficient (Wildman–Crippen LogP) is 3.44. The normalized spacial score (nSPS) is 10.1. The highest BCUT2D eigenvalue weighted by molar-refractivity contribution is 9.10. The summed E-state index contributed by atoms with van der Waals surface area (Å²) in [6, 6.07) is 10.2. The molecule has 0 aliphatic rings. The fraction of sp³-hybridized carbons (Fsp3) is 0. The Balaban J connectivity index is 2.55. The van der Waals surface area contributed by atoms with E-state index in [9.17, 15) is 0 Å². The smallest absolute Gasteiger partial charge is 0.0254 e. The summed E-state index contributed by atoms with van der Waals surface area (Å²) in [5.41, 5.74) is 2.43. The molecule has 0 amide bonds. The maximum absolute atomic E-state index is 3.50. The van der Waals surface area contributed by atoms with Crippen LogP contribution in [-0.2, 0) is 0 Å². The summed E-state index contributed by atoms with van der Waals surface area (Å²) in [6.07, 6.45) is 3.91. The van der Waals surface area contributed by atoms with Crippen LogP contribution in [0.1, 0.15) is 0 Å². The number of rotatable bonds is 1. The van der Waals surface area contributed by atoms with Crippen molar-refractivity contribution in [3.8, 4) is 11.1 Å². The van der Waals surface area contributed by atoms with Crippen molar-refractivity contribution in [2.24, 2.45) is 0 Å². The summed E-state index contributed by atoms with van der Waals surface area (Å²) in [5, 5.41) is 0. The standard InChI is InChI=1S/C10H8BrN/c11-10-4-2-1-3-9(10)8-5-6-12-7-8/h1-7,12H. The lowest BCUT2D eigenvalue weighted by Gasteiger charge is -1.99. The number of halogens is 1. The molecule has 0 unspecified atom stereocenters. The molecule has 0 bridgehead atoms. The van der Waals surface area contributed by atoms with Crippen LogP contribution in [0.3, 0.4) is 0 Å². The molecule has 0 aliphatic carbocycles. The van der Waals surface area contributed by atoms with E-state index in [1.807, 2.05) is 30.6 Å². The Labute approximate surface area is 79.6 Å². The summed E-state index contributed by atoms with van der Waals surface area (Å²) < 4.78 is 1.13. The van der Waals surface area contributed by atoms with E-state index in [0.29, 0.717) is 0 Å². The van der Waals surface area contributed by atoms with Gasteiger partial charge in [0, 0.05) is 22.4 Å². The minimum atomic E-state index is 1.13. The van der Waals surface area contributed by atoms with E-state index < -0.39 is 0 Å². The van der Waals surface area contributed by atoms with E-state index in [0.717, 1.165) is 4.47 Å². The number of aromatic nitrogens is 1. The van der Waals surface area contributed by atoms with Crippen LogP contribution in [0.15, 0.2) is 47.2 Å². The molecule has 0 saturated heterocycles. The van der Waals surface area contributed by atoms with Gasteiger partial charge in [-0.3, -0.25) is 0 Å². The molecule has 2 rings (SSSR count). The van der Waals surface area contributed by atoms with Crippen molar-refractivity contribution in [1.29, 1.82) is 0 Å². The Bertz CT molecular complexity index is 365. The summed E-state index contributed by atoms with van der Waals surface area (Å²) in [4.78, 5) is 3.03. The molecule has 1 nitrogen and oxygen atoms in total. The molecular weight excluding hydrogens is 214 g/mol. The van der Waals surface area contributed by atoms with Crippen molar-refractivity contribution in [2.45, 2.75) is 0 Å². The minimum absolute atomic E-state index is 1.13. The molecule has 12 heavy (non-hydrogen) atoms. The molecule has 1 N–H and O–H groups in total. The van der Waals surface area contributed by atoms with Crippen LogP contribution in [0, 0.1) is 0 Å². The van der Waals surface area contributed by atoms with Gasteiger partial charge in [-0.1, -0.05) is 34.1 Å². The van der Waals surface area contributed by atoms with Gasteiger partial charge in [0.05, 0.1) is 0 Å². The van der Waals surface area contributed by atoms with Crippen molar-refractivity contribution in [3.63, 3.8) is 0 Å². The largest absolute Gasteiger partial charge is 0.367 e. The van der Waals surface area contributed by atoms with E-state index in [-0.39, 0.29) is 0 Å². The quantitative estimate of drug-likeness (QED) is 0.760. The lowest BCUT2D eigenvalue weighted by atomic mass is 10.1. The molecule has 0 spiro atoms. The van der Waals surface area contributed by atoms with E-state index >= 15 is 0 Å². The van der Waals surface area contributed by atoms with Crippen LogP contribution in [0.2, 0.25) is 0 Å². The Morgan fingerprint density at radius 1 is 1.08 bits per heavy atom. The first-order valence-corrected chi connectivity index (χ1v) is 4.55. The maximum atomic E-state index is 3.50. The molecule has 1 heterocycles. The summed E-state index contributed by atoms with van der Waals surface area (Å²) >= 11 is 3.50. The highest BCUT2D eigenvalue weighted by Gasteiger charge is 2.00. The number of hydrogen-bond donors (Lipinski definition) is 1. The van der Waals surface area contributed by atoms with Gasteiger partial charge in [-0.15, -0.1) is 0 Å². The topological polar surface area (TPSA) is 15.8 Å². The highest BCUT2D eigenvalue weighted by atomic mass is 79.9. The number of hydrogen-bond acceptors (Lipinski definition) is 0. The second-order valence-corrected chi connectivity index (χ2v) is 3.43. The Morgan fingerprint density at radius 3 is 2.58 bits per heavy atom. The summed E-state index contributed by atoms with van der Waals surface area (Å²) in [6.45, 7) is 0. The molecule has 1 aromatic heterocycles. The van der Waals surface area contributed by atoms with Gasteiger partial charge < -0.3 is 4.98 Å². The number of benzene rings is 1. The first-order chi connectivity index (χ1) is 5.88. The SMILES string of the molecule is Brc1ccccc1-c1cc[nH]c1. The van der Waals surface area contributed by atoms with Gasteiger partial charge in [0.1, 0.15) is 0 Å². The van der Waals surface area contributed by atoms with E-state index in [4.69, 9.17) is 0 Å². The van der Waals surface area contributed by atoms with Gasteiger partial charge >= 0.3 is 0 Å². The van der Waals surface area contributed by atoms with Gasteiger partial charge in [-0.2, -0.15) is 0 Å². The van der Waals surface area contributed by atoms with E-state index in [1.165, 1.54) is 11.1 Å². The summed E-state index contributed by atoms with van der Waals surface area (Å²) in [7, 11) is 0. The Hall–Kier alpha value is -1.02. The van der Waals surface area contributed by atoms with Gasteiger partial charge in [0.2, 0.25) is 0 Å². The molecule has 2 heteroatoms. The second kappa shape index (κ2) is 3.15. The van der Waals surface area contributed by atoms with Crippen LogP contribution in [0.4, 0.5) is 0 Å². The maximum Gasteiger partial charge on any atom is 0.0254 e. The van der Waals surface area contributed by atoms with Crippen LogP contribution in [0.5, 0.6) is 0 Å². The molecule has 60 valence electrons. The molecule has 0 aliphatic heterocycles. The predicted molar refractivity (Wildman–Crippen MR) is 53.9 cm³/mol. The first kappa shape index (κ1) is 7.62. The monoisotopic (exact) mass is 221 g/mol. The van der Waals surface area contributed by atoms with Crippen molar-refractivity contribution in [3.05, 3.63) is 47.2 Å². The van der Waals surface area contributed by atoms with Gasteiger partial charge in [0.25, 0.3) is 0 Å². The van der Waals surface area contributed by atoms with Crippen molar-refractivity contribution in [2.75, 3.05) is 0 Å². The van der Waals surface area contributed by atoms with Crippen molar-refractivity contribution < 1.29 is 0 Å². The van der Waals surface area contributed by atoms with Gasteiger partial charge in [-0.25, -0.2) is 0 Å². The molecule has 2 aromatic rings. The van der Waals surface area contributed by atoms with Crippen molar-refractivity contribution >= 4 is 15.9 Å². The fourth-order valence-corrected chi connectivity index (χ4v) is 1.70. The molecule has 0 radical (unpaired) electrons. The zero-order valence-electron chi connectivity index (χ0n) is 6.42. The average molecular weight is 222 g/mol. The molecule has 0 atom stereocenters. The zero-order chi connectivity index (χ0) is 8.39. The molecule has 0 fully saturated rings. The van der Waals surface area contributed by atoms with Crippen LogP contribution in [0.25, 0.3) is 11.1 Å². The van der Waals surface area contributed by atoms with Crippen LogP contribution >= 0.6 is 15.9 Å². The average Bonchev–Trinajstić information content (AvgIpc) is 2.57. The highest BCUT2D eigenvalue weighted by Crippen LogP contribution is 2.26. The minimum Gasteiger partial charge on any atom is -0.367 e.